The van der Waals surface area contributed by atoms with Gasteiger partial charge in [-0.3, -0.25) is 9.59 Å². The molecule has 1 aliphatic heterocycles. The van der Waals surface area contributed by atoms with Crippen LogP contribution in [0.2, 0.25) is 0 Å². The van der Waals surface area contributed by atoms with Crippen molar-refractivity contribution in [2.45, 2.75) is 32.5 Å². The summed E-state index contributed by atoms with van der Waals surface area (Å²) in [5.41, 5.74) is 0. The standard InChI is InChI=1S/C9H14O5/c1-6(10)13-5-9-8(3-4-12-9)14-7(2)11/h8-9H,3-5H2,1-2H3/t8?,9-/m1/s1. The van der Waals surface area contributed by atoms with Gasteiger partial charge in [0.2, 0.25) is 0 Å². The molecule has 14 heavy (non-hydrogen) atoms. The zero-order chi connectivity index (χ0) is 10.6. The maximum Gasteiger partial charge on any atom is 0.302 e. The molecule has 1 aliphatic rings. The third-order valence-electron chi connectivity index (χ3n) is 1.92. The molecule has 1 heterocycles. The summed E-state index contributed by atoms with van der Waals surface area (Å²) in [7, 11) is 0. The van der Waals surface area contributed by atoms with Crippen LogP contribution in [0.25, 0.3) is 0 Å². The van der Waals surface area contributed by atoms with E-state index in [1.54, 1.807) is 0 Å². The van der Waals surface area contributed by atoms with Crippen molar-refractivity contribution >= 4 is 11.9 Å². The topological polar surface area (TPSA) is 61.8 Å². The van der Waals surface area contributed by atoms with Crippen molar-refractivity contribution in [1.82, 2.24) is 0 Å². The Morgan fingerprint density at radius 1 is 1.36 bits per heavy atom. The first-order valence-corrected chi connectivity index (χ1v) is 4.52. The fourth-order valence-corrected chi connectivity index (χ4v) is 1.33. The Bertz CT molecular complexity index is 225. The van der Waals surface area contributed by atoms with E-state index in [9.17, 15) is 9.59 Å². The quantitative estimate of drug-likeness (QED) is 0.615. The third kappa shape index (κ3) is 3.33. The zero-order valence-electron chi connectivity index (χ0n) is 8.32. The van der Waals surface area contributed by atoms with E-state index in [1.807, 2.05) is 0 Å². The largest absolute Gasteiger partial charge is 0.463 e. The van der Waals surface area contributed by atoms with E-state index in [4.69, 9.17) is 14.2 Å². The van der Waals surface area contributed by atoms with Gasteiger partial charge in [0.15, 0.2) is 0 Å². The van der Waals surface area contributed by atoms with E-state index in [-0.39, 0.29) is 30.8 Å². The van der Waals surface area contributed by atoms with Crippen LogP contribution in [0.5, 0.6) is 0 Å². The summed E-state index contributed by atoms with van der Waals surface area (Å²) in [4.78, 5) is 21.2. The van der Waals surface area contributed by atoms with Crippen molar-refractivity contribution in [1.29, 1.82) is 0 Å². The highest BCUT2D eigenvalue weighted by atomic mass is 16.6. The molecule has 5 nitrogen and oxygen atoms in total. The summed E-state index contributed by atoms with van der Waals surface area (Å²) in [5, 5.41) is 0. The predicted octanol–water partition coefficient (Wildman–Crippen LogP) is 0.270. The summed E-state index contributed by atoms with van der Waals surface area (Å²) < 4.78 is 15.0. The van der Waals surface area contributed by atoms with Crippen LogP contribution in [0.15, 0.2) is 0 Å². The van der Waals surface area contributed by atoms with Crippen LogP contribution < -0.4 is 0 Å². The molecule has 1 saturated heterocycles. The number of hydrogen-bond donors (Lipinski definition) is 0. The molecule has 0 radical (unpaired) electrons. The maximum atomic E-state index is 10.7. The second kappa shape index (κ2) is 4.95. The molecule has 0 saturated carbocycles. The lowest BCUT2D eigenvalue weighted by Crippen LogP contribution is -2.31. The van der Waals surface area contributed by atoms with E-state index in [0.29, 0.717) is 13.0 Å². The molecule has 0 aromatic rings. The van der Waals surface area contributed by atoms with Gasteiger partial charge >= 0.3 is 11.9 Å². The smallest absolute Gasteiger partial charge is 0.302 e. The fourth-order valence-electron chi connectivity index (χ4n) is 1.33. The molecule has 0 spiro atoms. The van der Waals surface area contributed by atoms with Crippen LogP contribution in [-0.2, 0) is 23.8 Å². The van der Waals surface area contributed by atoms with Gasteiger partial charge in [-0.2, -0.15) is 0 Å². The summed E-state index contributed by atoms with van der Waals surface area (Å²) in [5.74, 6) is -0.699. The maximum absolute atomic E-state index is 10.7. The lowest BCUT2D eigenvalue weighted by Gasteiger charge is -2.17. The minimum atomic E-state index is -0.359. The monoisotopic (exact) mass is 202 g/mol. The van der Waals surface area contributed by atoms with Crippen molar-refractivity contribution < 1.29 is 23.8 Å². The Morgan fingerprint density at radius 3 is 2.64 bits per heavy atom. The van der Waals surface area contributed by atoms with Gasteiger partial charge in [0.25, 0.3) is 0 Å². The second-order valence-electron chi connectivity index (χ2n) is 3.15. The van der Waals surface area contributed by atoms with E-state index in [2.05, 4.69) is 0 Å². The van der Waals surface area contributed by atoms with Crippen LogP contribution >= 0.6 is 0 Å². The lowest BCUT2D eigenvalue weighted by atomic mass is 10.2. The Kier molecular flexibility index (Phi) is 3.88. The molecule has 80 valence electrons. The zero-order valence-corrected chi connectivity index (χ0v) is 8.32. The van der Waals surface area contributed by atoms with Crippen LogP contribution in [-0.4, -0.2) is 37.4 Å². The van der Waals surface area contributed by atoms with Gasteiger partial charge in [-0.1, -0.05) is 0 Å². The van der Waals surface area contributed by atoms with Crippen molar-refractivity contribution in [3.05, 3.63) is 0 Å². The van der Waals surface area contributed by atoms with Gasteiger partial charge in [0.1, 0.15) is 18.8 Å². The van der Waals surface area contributed by atoms with Crippen LogP contribution in [0, 0.1) is 0 Å². The van der Waals surface area contributed by atoms with Gasteiger partial charge in [0.05, 0.1) is 6.61 Å². The normalized spacial score (nSPS) is 25.9. The summed E-state index contributed by atoms with van der Waals surface area (Å²) >= 11 is 0. The number of hydrogen-bond acceptors (Lipinski definition) is 5. The SMILES string of the molecule is CC(=O)OC[C@H]1OCCC1OC(C)=O. The number of carbonyl (C=O) groups excluding carboxylic acids is 2. The van der Waals surface area contributed by atoms with E-state index in [0.717, 1.165) is 0 Å². The summed E-state index contributed by atoms with van der Waals surface area (Å²) in [6.45, 7) is 3.36. The highest BCUT2D eigenvalue weighted by molar-refractivity contribution is 5.66. The van der Waals surface area contributed by atoms with Gasteiger partial charge in [-0.25, -0.2) is 0 Å². The molecule has 5 heteroatoms. The predicted molar refractivity (Wildman–Crippen MR) is 46.5 cm³/mol. The average molecular weight is 202 g/mol. The number of ether oxygens (including phenoxy) is 3. The average Bonchev–Trinajstić information content (AvgIpc) is 2.47. The lowest BCUT2D eigenvalue weighted by molar-refractivity contribution is -0.154. The third-order valence-corrected chi connectivity index (χ3v) is 1.92. The second-order valence-corrected chi connectivity index (χ2v) is 3.15. The number of rotatable bonds is 3. The molecule has 1 fully saturated rings. The van der Waals surface area contributed by atoms with Gasteiger partial charge in [0, 0.05) is 20.3 Å². The summed E-state index contributed by atoms with van der Waals surface area (Å²) in [6.07, 6.45) is 0.0561. The Labute approximate surface area is 82.3 Å². The van der Waals surface area contributed by atoms with Crippen molar-refractivity contribution in [2.75, 3.05) is 13.2 Å². The molecule has 0 aromatic carbocycles. The molecule has 0 amide bonds. The molecule has 0 aromatic heterocycles. The first-order valence-electron chi connectivity index (χ1n) is 4.52. The Hall–Kier alpha value is -1.10. The first-order chi connectivity index (χ1) is 6.59. The van der Waals surface area contributed by atoms with Crippen molar-refractivity contribution in [3.63, 3.8) is 0 Å². The molecule has 2 atom stereocenters. The van der Waals surface area contributed by atoms with E-state index < -0.39 is 0 Å². The highest BCUT2D eigenvalue weighted by Crippen LogP contribution is 2.17. The molecule has 0 bridgehead atoms. The molecule has 1 rings (SSSR count). The molecule has 0 aliphatic carbocycles. The minimum absolute atomic E-state index is 0.146. The first kappa shape index (κ1) is 11.0. The summed E-state index contributed by atoms with van der Waals surface area (Å²) in [6, 6.07) is 0. The highest BCUT2D eigenvalue weighted by Gasteiger charge is 2.31. The van der Waals surface area contributed by atoms with Crippen LogP contribution in [0.1, 0.15) is 20.3 Å². The number of esters is 2. The Morgan fingerprint density at radius 2 is 2.07 bits per heavy atom. The van der Waals surface area contributed by atoms with E-state index in [1.165, 1.54) is 13.8 Å². The molecule has 1 unspecified atom stereocenters. The fraction of sp³-hybridized carbons (Fsp3) is 0.778. The number of carbonyl (C=O) groups is 2. The van der Waals surface area contributed by atoms with Gasteiger partial charge in [-0.05, 0) is 0 Å². The molecule has 0 N–H and O–H groups in total. The van der Waals surface area contributed by atoms with E-state index >= 15 is 0 Å². The van der Waals surface area contributed by atoms with Crippen molar-refractivity contribution in [3.8, 4) is 0 Å². The van der Waals surface area contributed by atoms with Gasteiger partial charge < -0.3 is 14.2 Å². The van der Waals surface area contributed by atoms with Gasteiger partial charge in [-0.15, -0.1) is 0 Å². The molecular weight excluding hydrogens is 188 g/mol. The van der Waals surface area contributed by atoms with Crippen LogP contribution in [0.4, 0.5) is 0 Å². The minimum Gasteiger partial charge on any atom is -0.463 e. The Balaban J connectivity index is 2.35. The van der Waals surface area contributed by atoms with Crippen molar-refractivity contribution in [2.24, 2.45) is 0 Å². The molecular formula is C9H14O5. The van der Waals surface area contributed by atoms with Crippen LogP contribution in [0.3, 0.4) is 0 Å².